The first-order valence-electron chi connectivity index (χ1n) is 8.33. The van der Waals surface area contributed by atoms with E-state index in [-0.39, 0.29) is 11.8 Å². The zero-order chi connectivity index (χ0) is 17.1. The van der Waals surface area contributed by atoms with E-state index in [1.54, 1.807) is 4.68 Å². The summed E-state index contributed by atoms with van der Waals surface area (Å²) in [6.07, 6.45) is 1.81. The van der Waals surface area contributed by atoms with Crippen molar-refractivity contribution < 1.29 is 14.3 Å². The first-order valence-corrected chi connectivity index (χ1v) is 8.33. The van der Waals surface area contributed by atoms with Crippen LogP contribution in [0.4, 0.5) is 0 Å². The van der Waals surface area contributed by atoms with Crippen LogP contribution in [0.15, 0.2) is 24.4 Å². The summed E-state index contributed by atoms with van der Waals surface area (Å²) in [5, 5.41) is 7.46. The second-order valence-electron chi connectivity index (χ2n) is 6.06. The highest BCUT2D eigenvalue weighted by atomic mass is 16.6. The topological polar surface area (TPSA) is 65.4 Å². The van der Waals surface area contributed by atoms with Gasteiger partial charge in [0, 0.05) is 24.8 Å². The average Bonchev–Trinajstić information content (AvgIpc) is 3.04. The van der Waals surface area contributed by atoms with Crippen LogP contribution in [0.3, 0.4) is 0 Å². The van der Waals surface area contributed by atoms with Crippen molar-refractivity contribution in [2.24, 2.45) is 0 Å². The van der Waals surface area contributed by atoms with Gasteiger partial charge in [-0.15, -0.1) is 0 Å². The first kappa shape index (κ1) is 16.4. The quantitative estimate of drug-likeness (QED) is 0.916. The highest BCUT2D eigenvalue weighted by Gasteiger charge is 2.20. The molecule has 128 valence electrons. The van der Waals surface area contributed by atoms with E-state index in [2.05, 4.69) is 10.4 Å². The number of hydrogen-bond donors (Lipinski definition) is 1. The monoisotopic (exact) mass is 329 g/mol. The van der Waals surface area contributed by atoms with E-state index in [1.165, 1.54) is 0 Å². The maximum absolute atomic E-state index is 12.6. The molecule has 0 atom stereocenters. The number of para-hydroxylation sites is 1. The summed E-state index contributed by atoms with van der Waals surface area (Å²) in [6.45, 7) is 8.29. The molecule has 0 bridgehead atoms. The van der Waals surface area contributed by atoms with E-state index < -0.39 is 0 Å². The molecule has 3 rings (SSSR count). The van der Waals surface area contributed by atoms with Gasteiger partial charge < -0.3 is 14.8 Å². The Morgan fingerprint density at radius 3 is 2.88 bits per heavy atom. The van der Waals surface area contributed by atoms with Crippen LogP contribution in [-0.2, 0) is 13.1 Å². The lowest BCUT2D eigenvalue weighted by molar-refractivity contribution is 0.0948. The van der Waals surface area contributed by atoms with E-state index in [9.17, 15) is 4.79 Å². The molecule has 0 spiro atoms. The fourth-order valence-electron chi connectivity index (χ4n) is 2.74. The van der Waals surface area contributed by atoms with Crippen LogP contribution in [0.2, 0.25) is 0 Å². The van der Waals surface area contributed by atoms with Crippen molar-refractivity contribution in [1.82, 2.24) is 15.1 Å². The second kappa shape index (κ2) is 6.95. The zero-order valence-corrected chi connectivity index (χ0v) is 14.3. The van der Waals surface area contributed by atoms with Crippen LogP contribution in [0.5, 0.6) is 11.5 Å². The third-order valence-electron chi connectivity index (χ3n) is 3.99. The Morgan fingerprint density at radius 1 is 1.33 bits per heavy atom. The summed E-state index contributed by atoms with van der Waals surface area (Å²) in [6, 6.07) is 5.72. The molecule has 0 fully saturated rings. The molecule has 1 aliphatic rings. The number of nitrogens with zero attached hydrogens (tertiary/aromatic N) is 2. The third-order valence-corrected chi connectivity index (χ3v) is 3.99. The first-order chi connectivity index (χ1) is 11.6. The summed E-state index contributed by atoms with van der Waals surface area (Å²) >= 11 is 0. The Hall–Kier alpha value is -2.50. The van der Waals surface area contributed by atoms with Gasteiger partial charge in [0.2, 0.25) is 0 Å². The minimum absolute atomic E-state index is 0.118. The van der Waals surface area contributed by atoms with Crippen molar-refractivity contribution in [3.05, 3.63) is 41.2 Å². The lowest BCUT2D eigenvalue weighted by atomic mass is 10.1. The standard InChI is InChI=1S/C18H23N3O3/c1-4-21-11-14(16(20-21)12(2)3)18(22)19-10-13-6-5-7-15-17(13)24-9-8-23-15/h5-7,11-12H,4,8-10H2,1-3H3,(H,19,22). The van der Waals surface area contributed by atoms with E-state index in [4.69, 9.17) is 9.47 Å². The molecule has 1 aromatic heterocycles. The maximum atomic E-state index is 12.6. The highest BCUT2D eigenvalue weighted by molar-refractivity contribution is 5.95. The Kier molecular flexibility index (Phi) is 4.74. The van der Waals surface area contributed by atoms with Crippen molar-refractivity contribution in [3.63, 3.8) is 0 Å². The summed E-state index contributed by atoms with van der Waals surface area (Å²) in [5.41, 5.74) is 2.37. The molecule has 0 radical (unpaired) electrons. The number of ether oxygens (including phenoxy) is 2. The number of rotatable bonds is 5. The molecule has 1 aliphatic heterocycles. The lowest BCUT2D eigenvalue weighted by Gasteiger charge is -2.21. The van der Waals surface area contributed by atoms with E-state index in [1.807, 2.05) is 45.2 Å². The minimum Gasteiger partial charge on any atom is -0.486 e. The van der Waals surface area contributed by atoms with Gasteiger partial charge in [0.05, 0.1) is 11.3 Å². The molecular weight excluding hydrogens is 306 g/mol. The van der Waals surface area contributed by atoms with E-state index in [0.29, 0.717) is 25.3 Å². The van der Waals surface area contributed by atoms with Crippen molar-refractivity contribution in [3.8, 4) is 11.5 Å². The largest absolute Gasteiger partial charge is 0.486 e. The van der Waals surface area contributed by atoms with Gasteiger partial charge in [0.15, 0.2) is 11.5 Å². The number of amides is 1. The molecule has 24 heavy (non-hydrogen) atoms. The van der Waals surface area contributed by atoms with Crippen LogP contribution in [0.25, 0.3) is 0 Å². The molecule has 1 N–H and O–H groups in total. The number of fused-ring (bicyclic) bond motifs is 1. The second-order valence-corrected chi connectivity index (χ2v) is 6.06. The van der Waals surface area contributed by atoms with Gasteiger partial charge in [0.1, 0.15) is 13.2 Å². The van der Waals surface area contributed by atoms with Gasteiger partial charge in [-0.05, 0) is 18.9 Å². The number of carbonyl (C=O) groups excluding carboxylic acids is 1. The third kappa shape index (κ3) is 3.22. The normalized spacial score (nSPS) is 13.2. The molecule has 1 aromatic carbocycles. The van der Waals surface area contributed by atoms with Crippen LogP contribution < -0.4 is 14.8 Å². The Labute approximate surface area is 141 Å². The average molecular weight is 329 g/mol. The molecular formula is C18H23N3O3. The number of aromatic nitrogens is 2. The molecule has 0 aliphatic carbocycles. The predicted octanol–water partition coefficient (Wildman–Crippen LogP) is 2.73. The Bertz CT molecular complexity index is 737. The number of aryl methyl sites for hydroxylation is 1. The van der Waals surface area contributed by atoms with Crippen LogP contribution in [0.1, 0.15) is 48.3 Å². The summed E-state index contributed by atoms with van der Waals surface area (Å²) < 4.78 is 13.1. The SMILES string of the molecule is CCn1cc(C(=O)NCc2cccc3c2OCCO3)c(C(C)C)n1. The minimum atomic E-state index is -0.118. The van der Waals surface area contributed by atoms with Gasteiger partial charge in [-0.1, -0.05) is 26.0 Å². The van der Waals surface area contributed by atoms with Crippen LogP contribution in [0, 0.1) is 0 Å². The molecule has 2 heterocycles. The van der Waals surface area contributed by atoms with Crippen molar-refractivity contribution in [2.45, 2.75) is 39.8 Å². The maximum Gasteiger partial charge on any atom is 0.255 e. The smallest absolute Gasteiger partial charge is 0.255 e. The fourth-order valence-corrected chi connectivity index (χ4v) is 2.74. The molecule has 6 heteroatoms. The number of hydrogen-bond acceptors (Lipinski definition) is 4. The summed E-state index contributed by atoms with van der Waals surface area (Å²) in [4.78, 5) is 12.6. The Morgan fingerprint density at radius 2 is 2.12 bits per heavy atom. The number of carbonyl (C=O) groups is 1. The van der Waals surface area contributed by atoms with E-state index in [0.717, 1.165) is 29.3 Å². The number of benzene rings is 1. The van der Waals surface area contributed by atoms with Crippen LogP contribution >= 0.6 is 0 Å². The molecule has 0 saturated carbocycles. The summed E-state index contributed by atoms with van der Waals surface area (Å²) in [5.74, 6) is 1.53. The van der Waals surface area contributed by atoms with E-state index >= 15 is 0 Å². The van der Waals surface area contributed by atoms with Gasteiger partial charge in [-0.25, -0.2) is 0 Å². The molecule has 2 aromatic rings. The van der Waals surface area contributed by atoms with Gasteiger partial charge in [-0.3, -0.25) is 9.48 Å². The fraction of sp³-hybridized carbons (Fsp3) is 0.444. The number of nitrogens with one attached hydrogen (secondary N) is 1. The molecule has 0 unspecified atom stereocenters. The molecule has 0 saturated heterocycles. The molecule has 6 nitrogen and oxygen atoms in total. The predicted molar refractivity (Wildman–Crippen MR) is 90.6 cm³/mol. The lowest BCUT2D eigenvalue weighted by Crippen LogP contribution is -2.25. The van der Waals surface area contributed by atoms with Crippen LogP contribution in [-0.4, -0.2) is 28.9 Å². The molecule has 1 amide bonds. The summed E-state index contributed by atoms with van der Waals surface area (Å²) in [7, 11) is 0. The van der Waals surface area contributed by atoms with Crippen molar-refractivity contribution in [2.75, 3.05) is 13.2 Å². The van der Waals surface area contributed by atoms with Crippen molar-refractivity contribution in [1.29, 1.82) is 0 Å². The Balaban J connectivity index is 1.76. The van der Waals surface area contributed by atoms with Crippen molar-refractivity contribution >= 4 is 5.91 Å². The zero-order valence-electron chi connectivity index (χ0n) is 14.3. The highest BCUT2D eigenvalue weighted by Crippen LogP contribution is 2.33. The van der Waals surface area contributed by atoms with Gasteiger partial charge in [-0.2, -0.15) is 5.10 Å². The van der Waals surface area contributed by atoms with Gasteiger partial charge >= 0.3 is 0 Å². The van der Waals surface area contributed by atoms with Gasteiger partial charge in [0.25, 0.3) is 5.91 Å².